The molecule has 2 nitrogen and oxygen atoms in total. The molecule has 1 aliphatic carbocycles. The van der Waals surface area contributed by atoms with Gasteiger partial charge in [0.2, 0.25) is 0 Å². The molecule has 0 radical (unpaired) electrons. The van der Waals surface area contributed by atoms with E-state index in [4.69, 9.17) is 4.74 Å². The van der Waals surface area contributed by atoms with Crippen LogP contribution in [0.4, 0.5) is 8.78 Å². The summed E-state index contributed by atoms with van der Waals surface area (Å²) >= 11 is 0. The Morgan fingerprint density at radius 3 is 2.76 bits per heavy atom. The van der Waals surface area contributed by atoms with Crippen molar-refractivity contribution in [1.82, 2.24) is 5.32 Å². The quantitative estimate of drug-likeness (QED) is 0.827. The van der Waals surface area contributed by atoms with Crippen LogP contribution >= 0.6 is 0 Å². The summed E-state index contributed by atoms with van der Waals surface area (Å²) < 4.78 is 31.6. The molecule has 1 aliphatic rings. The number of nitrogens with one attached hydrogen (secondary N) is 1. The first kappa shape index (κ1) is 12.3. The van der Waals surface area contributed by atoms with Gasteiger partial charge in [-0.1, -0.05) is 6.92 Å². The van der Waals surface area contributed by atoms with Gasteiger partial charge in [-0.3, -0.25) is 0 Å². The molecule has 1 atom stereocenters. The number of hydrogen-bond acceptors (Lipinski definition) is 2. The summed E-state index contributed by atoms with van der Waals surface area (Å²) in [5, 5.41) is 3.34. The van der Waals surface area contributed by atoms with E-state index in [9.17, 15) is 8.78 Å². The monoisotopic (exact) mass is 241 g/mol. The van der Waals surface area contributed by atoms with Gasteiger partial charge in [-0.2, -0.15) is 0 Å². The second kappa shape index (κ2) is 5.45. The Balaban J connectivity index is 1.91. The minimum absolute atomic E-state index is 0.0736. The van der Waals surface area contributed by atoms with E-state index < -0.39 is 11.6 Å². The van der Waals surface area contributed by atoms with Crippen LogP contribution in [0.3, 0.4) is 0 Å². The molecule has 0 saturated heterocycles. The first-order chi connectivity index (χ1) is 8.19. The Bertz CT molecular complexity index is 380. The highest BCUT2D eigenvalue weighted by Crippen LogP contribution is 2.21. The zero-order valence-corrected chi connectivity index (χ0v) is 9.88. The first-order valence-corrected chi connectivity index (χ1v) is 6.04. The number of rotatable bonds is 6. The number of ether oxygens (including phenoxy) is 1. The molecular formula is C13H17F2NO. The van der Waals surface area contributed by atoms with Crippen molar-refractivity contribution in [3.05, 3.63) is 29.8 Å². The fraction of sp³-hybridized carbons (Fsp3) is 0.538. The van der Waals surface area contributed by atoms with Crippen molar-refractivity contribution in [1.29, 1.82) is 0 Å². The normalized spacial score (nSPS) is 16.9. The van der Waals surface area contributed by atoms with Crippen molar-refractivity contribution in [3.8, 4) is 5.75 Å². The standard InChI is InChI=1S/C13H17F2NO/c1-2-11(8-16-10-4-5-10)17-13-6-3-9(14)7-12(13)15/h3,6-7,10-11,16H,2,4-5,8H2,1H3. The van der Waals surface area contributed by atoms with E-state index in [-0.39, 0.29) is 11.9 Å². The van der Waals surface area contributed by atoms with Gasteiger partial charge in [0.05, 0.1) is 0 Å². The Hall–Kier alpha value is -1.16. The summed E-state index contributed by atoms with van der Waals surface area (Å²) in [5.74, 6) is -1.11. The van der Waals surface area contributed by atoms with Gasteiger partial charge in [0.1, 0.15) is 11.9 Å². The van der Waals surface area contributed by atoms with Crippen molar-refractivity contribution < 1.29 is 13.5 Å². The zero-order valence-electron chi connectivity index (χ0n) is 9.88. The van der Waals surface area contributed by atoms with Gasteiger partial charge in [-0.15, -0.1) is 0 Å². The predicted octanol–water partition coefficient (Wildman–Crippen LogP) is 2.87. The molecule has 1 aromatic carbocycles. The number of hydrogen-bond donors (Lipinski definition) is 1. The largest absolute Gasteiger partial charge is 0.486 e. The van der Waals surface area contributed by atoms with Crippen LogP contribution in [0.15, 0.2) is 18.2 Å². The topological polar surface area (TPSA) is 21.3 Å². The number of halogens is 2. The smallest absolute Gasteiger partial charge is 0.167 e. The van der Waals surface area contributed by atoms with Gasteiger partial charge < -0.3 is 10.1 Å². The summed E-state index contributed by atoms with van der Waals surface area (Å²) in [5.41, 5.74) is 0. The minimum atomic E-state index is -0.644. The summed E-state index contributed by atoms with van der Waals surface area (Å²) in [4.78, 5) is 0. The van der Waals surface area contributed by atoms with E-state index in [1.165, 1.54) is 25.0 Å². The average molecular weight is 241 g/mol. The molecule has 2 rings (SSSR count). The zero-order chi connectivity index (χ0) is 12.3. The maximum atomic E-state index is 13.4. The molecule has 17 heavy (non-hydrogen) atoms. The fourth-order valence-corrected chi connectivity index (χ4v) is 1.61. The third-order valence-corrected chi connectivity index (χ3v) is 2.85. The molecule has 1 unspecified atom stereocenters. The lowest BCUT2D eigenvalue weighted by atomic mass is 10.2. The molecule has 4 heteroatoms. The van der Waals surface area contributed by atoms with Crippen molar-refractivity contribution >= 4 is 0 Å². The van der Waals surface area contributed by atoms with Crippen LogP contribution in [0.2, 0.25) is 0 Å². The summed E-state index contributed by atoms with van der Waals surface area (Å²) in [7, 11) is 0. The molecule has 0 bridgehead atoms. The lowest BCUT2D eigenvalue weighted by Crippen LogP contribution is -2.32. The van der Waals surface area contributed by atoms with Gasteiger partial charge in [-0.05, 0) is 31.4 Å². The van der Waals surface area contributed by atoms with Gasteiger partial charge in [-0.25, -0.2) is 8.78 Å². The molecule has 0 amide bonds. The molecular weight excluding hydrogens is 224 g/mol. The average Bonchev–Trinajstić information content (AvgIpc) is 3.11. The number of benzene rings is 1. The highest BCUT2D eigenvalue weighted by Gasteiger charge is 2.22. The highest BCUT2D eigenvalue weighted by molar-refractivity contribution is 5.24. The Kier molecular flexibility index (Phi) is 3.94. The summed E-state index contributed by atoms with van der Waals surface area (Å²) in [6, 6.07) is 3.99. The van der Waals surface area contributed by atoms with Crippen LogP contribution < -0.4 is 10.1 Å². The van der Waals surface area contributed by atoms with Crippen molar-refractivity contribution in [2.75, 3.05) is 6.54 Å². The maximum absolute atomic E-state index is 13.4. The van der Waals surface area contributed by atoms with E-state index in [0.717, 1.165) is 12.5 Å². The predicted molar refractivity (Wildman–Crippen MR) is 62.1 cm³/mol. The van der Waals surface area contributed by atoms with E-state index in [2.05, 4.69) is 5.32 Å². The fourth-order valence-electron chi connectivity index (χ4n) is 1.61. The van der Waals surface area contributed by atoms with Gasteiger partial charge in [0.25, 0.3) is 0 Å². The molecule has 1 saturated carbocycles. The molecule has 0 aromatic heterocycles. The molecule has 1 N–H and O–H groups in total. The summed E-state index contributed by atoms with van der Waals surface area (Å²) in [6.45, 7) is 2.69. The van der Waals surface area contributed by atoms with Crippen LogP contribution in [-0.4, -0.2) is 18.7 Å². The van der Waals surface area contributed by atoms with Gasteiger partial charge in [0.15, 0.2) is 11.6 Å². The van der Waals surface area contributed by atoms with Crippen LogP contribution in [0, 0.1) is 11.6 Å². The maximum Gasteiger partial charge on any atom is 0.167 e. The van der Waals surface area contributed by atoms with Crippen LogP contribution in [0.5, 0.6) is 5.75 Å². The lowest BCUT2D eigenvalue weighted by molar-refractivity contribution is 0.184. The van der Waals surface area contributed by atoms with Crippen molar-refractivity contribution in [2.45, 2.75) is 38.3 Å². The molecule has 0 heterocycles. The molecule has 0 aliphatic heterocycles. The highest BCUT2D eigenvalue weighted by atomic mass is 19.1. The second-order valence-corrected chi connectivity index (χ2v) is 4.41. The Morgan fingerprint density at radius 2 is 2.18 bits per heavy atom. The Labute approximate surface area is 100.0 Å². The third kappa shape index (κ3) is 3.66. The Morgan fingerprint density at radius 1 is 1.41 bits per heavy atom. The van der Waals surface area contributed by atoms with Gasteiger partial charge >= 0.3 is 0 Å². The van der Waals surface area contributed by atoms with E-state index in [1.807, 2.05) is 6.92 Å². The van der Waals surface area contributed by atoms with Gasteiger partial charge in [0, 0.05) is 18.7 Å². The van der Waals surface area contributed by atoms with Crippen molar-refractivity contribution in [2.24, 2.45) is 0 Å². The van der Waals surface area contributed by atoms with E-state index in [0.29, 0.717) is 12.6 Å². The van der Waals surface area contributed by atoms with Crippen LogP contribution in [0.25, 0.3) is 0 Å². The molecule has 1 aromatic rings. The van der Waals surface area contributed by atoms with E-state index >= 15 is 0 Å². The van der Waals surface area contributed by atoms with Crippen LogP contribution in [-0.2, 0) is 0 Å². The lowest BCUT2D eigenvalue weighted by Gasteiger charge is -2.18. The minimum Gasteiger partial charge on any atom is -0.486 e. The van der Waals surface area contributed by atoms with Crippen molar-refractivity contribution in [3.63, 3.8) is 0 Å². The van der Waals surface area contributed by atoms with E-state index in [1.54, 1.807) is 0 Å². The SMILES string of the molecule is CCC(CNC1CC1)Oc1ccc(F)cc1F. The molecule has 0 spiro atoms. The third-order valence-electron chi connectivity index (χ3n) is 2.85. The second-order valence-electron chi connectivity index (χ2n) is 4.41. The van der Waals surface area contributed by atoms with Crippen LogP contribution in [0.1, 0.15) is 26.2 Å². The summed E-state index contributed by atoms with van der Waals surface area (Å²) in [6.07, 6.45) is 3.13. The first-order valence-electron chi connectivity index (χ1n) is 6.04. The molecule has 94 valence electrons. The molecule has 1 fully saturated rings.